The van der Waals surface area contributed by atoms with Gasteiger partial charge in [0.2, 0.25) is 5.75 Å². The average molecular weight is 446 g/mol. The van der Waals surface area contributed by atoms with E-state index in [-0.39, 0.29) is 12.2 Å². The Kier molecular flexibility index (Phi) is 8.24. The van der Waals surface area contributed by atoms with Crippen molar-refractivity contribution < 1.29 is 23.7 Å². The number of benzene rings is 3. The lowest BCUT2D eigenvalue weighted by atomic mass is 10.1. The molecule has 0 bridgehead atoms. The zero-order valence-corrected chi connectivity index (χ0v) is 19.2. The first-order valence-corrected chi connectivity index (χ1v) is 10.4. The van der Waals surface area contributed by atoms with Gasteiger partial charge in [0.05, 0.1) is 39.7 Å². The molecule has 0 fully saturated rings. The second-order valence-corrected chi connectivity index (χ2v) is 7.03. The third kappa shape index (κ3) is 6.01. The van der Waals surface area contributed by atoms with E-state index in [1.54, 1.807) is 46.8 Å². The van der Waals surface area contributed by atoms with E-state index in [1.165, 1.54) is 0 Å². The second kappa shape index (κ2) is 11.5. The minimum absolute atomic E-state index is 0.0466. The summed E-state index contributed by atoms with van der Waals surface area (Å²) in [7, 11) is 6.30. The molecule has 3 aromatic carbocycles. The molecule has 170 valence electrons. The molecule has 3 rings (SSSR count). The molecule has 0 amide bonds. The molecule has 0 spiro atoms. The number of ketones is 1. The summed E-state index contributed by atoms with van der Waals surface area (Å²) < 4.78 is 21.4. The fourth-order valence-corrected chi connectivity index (χ4v) is 3.32. The van der Waals surface area contributed by atoms with Crippen molar-refractivity contribution in [2.24, 2.45) is 4.99 Å². The number of para-hydroxylation sites is 1. The van der Waals surface area contributed by atoms with Crippen LogP contribution in [0.1, 0.15) is 27.9 Å². The van der Waals surface area contributed by atoms with Gasteiger partial charge in [-0.2, -0.15) is 0 Å². The van der Waals surface area contributed by atoms with Gasteiger partial charge in [-0.05, 0) is 47.5 Å². The number of ether oxygens (including phenoxy) is 4. The molecule has 0 atom stereocenters. The zero-order valence-electron chi connectivity index (χ0n) is 19.2. The number of methoxy groups -OCH3 is 4. The lowest BCUT2D eigenvalue weighted by molar-refractivity contribution is 0.0999. The molecule has 0 heterocycles. The lowest BCUT2D eigenvalue weighted by Crippen LogP contribution is -2.02. The van der Waals surface area contributed by atoms with Gasteiger partial charge in [0.1, 0.15) is 5.75 Å². The normalized spacial score (nSPS) is 11.0. The molecular formula is C27H27NO5. The van der Waals surface area contributed by atoms with E-state index in [0.29, 0.717) is 28.6 Å². The molecule has 0 N–H and O–H groups in total. The topological polar surface area (TPSA) is 66.4 Å². The number of carbonyl (C=O) groups excluding carboxylic acids is 1. The zero-order chi connectivity index (χ0) is 23.6. The van der Waals surface area contributed by atoms with Crippen molar-refractivity contribution >= 4 is 29.8 Å². The largest absolute Gasteiger partial charge is 0.496 e. The molecule has 0 saturated carbocycles. The van der Waals surface area contributed by atoms with E-state index >= 15 is 0 Å². The molecule has 0 radical (unpaired) electrons. The monoisotopic (exact) mass is 445 g/mol. The Morgan fingerprint density at radius 2 is 1.42 bits per heavy atom. The van der Waals surface area contributed by atoms with Crippen molar-refractivity contribution in [2.75, 3.05) is 28.4 Å². The maximum atomic E-state index is 12.5. The predicted octanol–water partition coefficient (Wildman–Crippen LogP) is 5.87. The first-order chi connectivity index (χ1) is 16.1. The third-order valence-corrected chi connectivity index (χ3v) is 4.95. The molecule has 0 aromatic heterocycles. The Morgan fingerprint density at radius 3 is 2.09 bits per heavy atom. The van der Waals surface area contributed by atoms with Gasteiger partial charge in [-0.3, -0.25) is 9.79 Å². The highest BCUT2D eigenvalue weighted by molar-refractivity contribution is 6.05. The van der Waals surface area contributed by atoms with E-state index in [4.69, 9.17) is 18.9 Å². The fraction of sp³-hybridized carbons (Fsp3) is 0.185. The summed E-state index contributed by atoms with van der Waals surface area (Å²) >= 11 is 0. The first-order valence-electron chi connectivity index (χ1n) is 10.4. The SMILES string of the molecule is COc1ccccc1C(=O)CC=Nc1cccc(/C=C\c2cc(OC)c(OC)c(OC)c2)c1. The molecular weight excluding hydrogens is 418 g/mol. The highest BCUT2D eigenvalue weighted by Crippen LogP contribution is 2.38. The van der Waals surface area contributed by atoms with Crippen LogP contribution in [0.15, 0.2) is 65.7 Å². The highest BCUT2D eigenvalue weighted by atomic mass is 16.5. The molecule has 33 heavy (non-hydrogen) atoms. The van der Waals surface area contributed by atoms with E-state index < -0.39 is 0 Å². The number of aliphatic imine (C=N–C) groups is 1. The summed E-state index contributed by atoms with van der Waals surface area (Å²) in [5.74, 6) is 2.25. The van der Waals surface area contributed by atoms with Crippen molar-refractivity contribution in [1.29, 1.82) is 0 Å². The van der Waals surface area contributed by atoms with Gasteiger partial charge < -0.3 is 18.9 Å². The van der Waals surface area contributed by atoms with Crippen molar-refractivity contribution in [3.63, 3.8) is 0 Å². The molecule has 0 aliphatic heterocycles. The number of nitrogens with zero attached hydrogens (tertiary/aromatic N) is 1. The van der Waals surface area contributed by atoms with Crippen molar-refractivity contribution in [2.45, 2.75) is 6.42 Å². The van der Waals surface area contributed by atoms with Crippen molar-refractivity contribution in [3.8, 4) is 23.0 Å². The Bertz CT molecular complexity index is 1140. The summed E-state index contributed by atoms with van der Waals surface area (Å²) in [5, 5.41) is 0. The van der Waals surface area contributed by atoms with Crippen LogP contribution >= 0.6 is 0 Å². The van der Waals surface area contributed by atoms with Crippen LogP contribution in [-0.2, 0) is 0 Å². The number of hydrogen-bond donors (Lipinski definition) is 0. The Labute approximate surface area is 194 Å². The molecule has 6 heteroatoms. The van der Waals surface area contributed by atoms with Crippen LogP contribution in [0.5, 0.6) is 23.0 Å². The lowest BCUT2D eigenvalue weighted by Gasteiger charge is -2.12. The molecule has 0 aliphatic rings. The predicted molar refractivity (Wildman–Crippen MR) is 132 cm³/mol. The van der Waals surface area contributed by atoms with Crippen LogP contribution < -0.4 is 18.9 Å². The van der Waals surface area contributed by atoms with E-state index in [0.717, 1.165) is 16.8 Å². The average Bonchev–Trinajstić information content (AvgIpc) is 2.86. The second-order valence-electron chi connectivity index (χ2n) is 7.03. The minimum Gasteiger partial charge on any atom is -0.496 e. The minimum atomic E-state index is -0.0466. The molecule has 0 aliphatic carbocycles. The van der Waals surface area contributed by atoms with Gasteiger partial charge in [0, 0.05) is 12.6 Å². The maximum absolute atomic E-state index is 12.5. The Balaban J connectivity index is 1.72. The number of carbonyl (C=O) groups is 1. The van der Waals surface area contributed by atoms with Crippen molar-refractivity contribution in [3.05, 3.63) is 77.4 Å². The summed E-state index contributed by atoms with van der Waals surface area (Å²) in [6, 6.07) is 18.7. The molecule has 3 aromatic rings. The van der Waals surface area contributed by atoms with Gasteiger partial charge in [-0.15, -0.1) is 0 Å². The van der Waals surface area contributed by atoms with Crippen LogP contribution in [0.25, 0.3) is 12.2 Å². The van der Waals surface area contributed by atoms with Gasteiger partial charge in [0.25, 0.3) is 0 Å². The summed E-state index contributed by atoms with van der Waals surface area (Å²) in [6.07, 6.45) is 5.74. The Morgan fingerprint density at radius 1 is 0.758 bits per heavy atom. The van der Waals surface area contributed by atoms with E-state index in [2.05, 4.69) is 4.99 Å². The van der Waals surface area contributed by atoms with Gasteiger partial charge >= 0.3 is 0 Å². The molecule has 0 saturated heterocycles. The van der Waals surface area contributed by atoms with Crippen LogP contribution in [0, 0.1) is 0 Å². The summed E-state index contributed by atoms with van der Waals surface area (Å²) in [6.45, 7) is 0. The first kappa shape index (κ1) is 23.6. The van der Waals surface area contributed by atoms with Gasteiger partial charge in [-0.1, -0.05) is 36.4 Å². The quantitative estimate of drug-likeness (QED) is 0.222. The van der Waals surface area contributed by atoms with Crippen molar-refractivity contribution in [1.82, 2.24) is 0 Å². The van der Waals surface area contributed by atoms with E-state index in [1.807, 2.05) is 60.7 Å². The maximum Gasteiger partial charge on any atom is 0.203 e. The standard InChI is InChI=1S/C27H27NO5/c1-30-24-11-6-5-10-22(24)23(29)14-15-28-21-9-7-8-19(16-21)12-13-20-17-25(31-2)27(33-4)26(18-20)32-3/h5-13,15-18H,14H2,1-4H3/b13-12-,28-15?. The highest BCUT2D eigenvalue weighted by Gasteiger charge is 2.12. The van der Waals surface area contributed by atoms with Crippen LogP contribution in [0.4, 0.5) is 5.69 Å². The summed E-state index contributed by atoms with van der Waals surface area (Å²) in [5.41, 5.74) is 3.18. The van der Waals surface area contributed by atoms with Crippen LogP contribution in [0.3, 0.4) is 0 Å². The smallest absolute Gasteiger partial charge is 0.203 e. The van der Waals surface area contributed by atoms with Gasteiger partial charge in [0.15, 0.2) is 17.3 Å². The van der Waals surface area contributed by atoms with E-state index in [9.17, 15) is 4.79 Å². The number of rotatable bonds is 10. The Hall–Kier alpha value is -4.06. The number of hydrogen-bond acceptors (Lipinski definition) is 6. The molecule has 6 nitrogen and oxygen atoms in total. The third-order valence-electron chi connectivity index (χ3n) is 4.95. The number of Topliss-reactive ketones (excluding diaryl/α,β-unsaturated/α-hetero) is 1. The van der Waals surface area contributed by atoms with Gasteiger partial charge in [-0.25, -0.2) is 0 Å². The summed E-state index contributed by atoms with van der Waals surface area (Å²) in [4.78, 5) is 16.9. The molecule has 0 unspecified atom stereocenters. The van der Waals surface area contributed by atoms with Crippen LogP contribution in [-0.4, -0.2) is 40.4 Å². The fourth-order valence-electron chi connectivity index (χ4n) is 3.32. The van der Waals surface area contributed by atoms with Crippen LogP contribution in [0.2, 0.25) is 0 Å².